The van der Waals surface area contributed by atoms with Crippen LogP contribution in [-0.4, -0.2) is 11.7 Å². The quantitative estimate of drug-likeness (QED) is 0.560. The number of unbranched alkanes of at least 4 members (excludes halogenated alkanes) is 1. The van der Waals surface area contributed by atoms with Gasteiger partial charge < -0.3 is 17.5 Å². The van der Waals surface area contributed by atoms with Crippen molar-refractivity contribution in [2.24, 2.45) is 0 Å². The minimum absolute atomic E-state index is 0. The van der Waals surface area contributed by atoms with Gasteiger partial charge in [-0.1, -0.05) is 13.3 Å². The van der Waals surface area contributed by atoms with Crippen molar-refractivity contribution >= 4 is 0 Å². The van der Waals surface area contributed by atoms with Gasteiger partial charge >= 0.3 is 0 Å². The average molecular weight is 418 g/mol. The maximum atomic E-state index is 8.07. The first-order valence-corrected chi connectivity index (χ1v) is 5.36. The molecular weight excluding hydrogens is 398 g/mol. The van der Waals surface area contributed by atoms with E-state index in [4.69, 9.17) is 5.11 Å². The fraction of sp³-hybridized carbons (Fsp3) is 0.286. The van der Waals surface area contributed by atoms with E-state index in [1.165, 1.54) is 0 Å². The number of rotatable bonds is 2. The molecule has 0 aromatic heterocycles. The van der Waals surface area contributed by atoms with E-state index >= 15 is 0 Å². The second-order valence-electron chi connectivity index (χ2n) is 3.00. The number of hydrogen-bond acceptors (Lipinski definition) is 1. The molecule has 0 saturated carbocycles. The summed E-state index contributed by atoms with van der Waals surface area (Å²) in [6.07, 6.45) is 2.04. The predicted molar refractivity (Wildman–Crippen MR) is 66.1 cm³/mol. The zero-order chi connectivity index (χ0) is 11.2. The molecule has 0 fully saturated rings. The first kappa shape index (κ1) is 22.0. The molecule has 0 atom stereocenters. The van der Waals surface area contributed by atoms with E-state index in [0.717, 1.165) is 12.8 Å². The molecular formula is C14H20ClHfO-3. The monoisotopic (exact) mass is 419 g/mol. The summed E-state index contributed by atoms with van der Waals surface area (Å²) in [4.78, 5) is 0. The summed E-state index contributed by atoms with van der Waals surface area (Å²) in [5, 5.41) is 8.07. The first-order valence-electron chi connectivity index (χ1n) is 5.36. The first-order chi connectivity index (χ1) is 7.41. The van der Waals surface area contributed by atoms with Crippen molar-refractivity contribution in [2.75, 3.05) is 6.61 Å². The topological polar surface area (TPSA) is 20.2 Å². The molecule has 0 aliphatic heterocycles. The smallest absolute Gasteiger partial charge is 0.0430 e. The molecule has 0 amide bonds. The zero-order valence-electron chi connectivity index (χ0n) is 10.2. The summed E-state index contributed by atoms with van der Waals surface area (Å²) >= 11 is 0. The standard InChI is InChI=1S/2C5H5.C4H10O.ClH.Hf/c2*1-2-4-5-3-1;1-2-3-4-5;;/h2*1-5H;5H,2-4H2,1H3;1H;/q2*-1;;;/p-1. The zero-order valence-corrected chi connectivity index (χ0v) is 14.6. The second-order valence-corrected chi connectivity index (χ2v) is 3.00. The van der Waals surface area contributed by atoms with Gasteiger partial charge in [0.1, 0.15) is 0 Å². The second kappa shape index (κ2) is 21.1. The summed E-state index contributed by atoms with van der Waals surface area (Å²) in [6, 6.07) is 20.0. The van der Waals surface area contributed by atoms with Gasteiger partial charge in [0.25, 0.3) is 0 Å². The van der Waals surface area contributed by atoms with Crippen LogP contribution in [-0.2, 0) is 25.8 Å². The number of hydrogen-bond donors (Lipinski definition) is 1. The molecule has 2 rings (SSSR count). The van der Waals surface area contributed by atoms with Crippen molar-refractivity contribution in [1.29, 1.82) is 0 Å². The Morgan fingerprint density at radius 2 is 1.24 bits per heavy atom. The molecule has 3 heteroatoms. The van der Waals surface area contributed by atoms with E-state index in [-0.39, 0.29) is 38.3 Å². The molecule has 0 unspecified atom stereocenters. The fourth-order valence-electron chi connectivity index (χ4n) is 0.800. The van der Waals surface area contributed by atoms with Crippen LogP contribution in [0.25, 0.3) is 0 Å². The van der Waals surface area contributed by atoms with Crippen LogP contribution in [0.5, 0.6) is 0 Å². The molecule has 1 nitrogen and oxygen atoms in total. The average Bonchev–Trinajstić information content (AvgIpc) is 2.99. The Kier molecular flexibility index (Phi) is 27.4. The molecule has 96 valence electrons. The van der Waals surface area contributed by atoms with Gasteiger partial charge in [-0.05, 0) is 6.42 Å². The molecule has 0 aliphatic carbocycles. The van der Waals surface area contributed by atoms with E-state index in [1.54, 1.807) is 0 Å². The Bertz CT molecular complexity index is 191. The molecule has 1 N–H and O–H groups in total. The summed E-state index contributed by atoms with van der Waals surface area (Å²) in [7, 11) is 0. The van der Waals surface area contributed by atoms with E-state index in [1.807, 2.05) is 60.7 Å². The Hall–Kier alpha value is -0.180. The van der Waals surface area contributed by atoms with E-state index in [9.17, 15) is 0 Å². The van der Waals surface area contributed by atoms with E-state index in [0.29, 0.717) is 6.61 Å². The van der Waals surface area contributed by atoms with Crippen LogP contribution < -0.4 is 12.4 Å². The van der Waals surface area contributed by atoms with Crippen molar-refractivity contribution < 1.29 is 43.4 Å². The van der Waals surface area contributed by atoms with Crippen LogP contribution >= 0.6 is 0 Å². The minimum atomic E-state index is 0. The summed E-state index contributed by atoms with van der Waals surface area (Å²) in [5.41, 5.74) is 0. The van der Waals surface area contributed by atoms with Crippen molar-refractivity contribution in [3.8, 4) is 0 Å². The van der Waals surface area contributed by atoms with Gasteiger partial charge in [0, 0.05) is 32.5 Å². The Labute approximate surface area is 130 Å². The van der Waals surface area contributed by atoms with Crippen LogP contribution in [0.1, 0.15) is 19.8 Å². The molecule has 0 spiro atoms. The number of aliphatic hydroxyl groups excluding tert-OH is 1. The van der Waals surface area contributed by atoms with Crippen LogP contribution in [0.2, 0.25) is 0 Å². The van der Waals surface area contributed by atoms with Gasteiger partial charge in [-0.3, -0.25) is 0 Å². The molecule has 17 heavy (non-hydrogen) atoms. The van der Waals surface area contributed by atoms with Gasteiger partial charge in [-0.25, -0.2) is 24.3 Å². The number of aliphatic hydroxyl groups is 1. The number of halogens is 1. The van der Waals surface area contributed by atoms with Crippen molar-refractivity contribution in [2.45, 2.75) is 19.8 Å². The maximum absolute atomic E-state index is 8.07. The van der Waals surface area contributed by atoms with E-state index in [2.05, 4.69) is 6.92 Å². The Morgan fingerprint density at radius 1 is 0.882 bits per heavy atom. The molecule has 0 radical (unpaired) electrons. The molecule has 0 saturated heterocycles. The predicted octanol–water partition coefficient (Wildman–Crippen LogP) is 0.591. The molecule has 2 aromatic rings. The van der Waals surface area contributed by atoms with Gasteiger partial charge in [0.05, 0.1) is 0 Å². The molecule has 0 bridgehead atoms. The van der Waals surface area contributed by atoms with Gasteiger partial charge in [0.15, 0.2) is 0 Å². The maximum Gasteiger partial charge on any atom is 0.0430 e. The van der Waals surface area contributed by atoms with Crippen LogP contribution in [0.3, 0.4) is 0 Å². The molecule has 0 aliphatic rings. The van der Waals surface area contributed by atoms with Crippen molar-refractivity contribution in [3.05, 3.63) is 60.7 Å². The Balaban J connectivity index is -0.000000163. The van der Waals surface area contributed by atoms with Gasteiger partial charge in [-0.15, -0.1) is 0 Å². The third-order valence-corrected chi connectivity index (χ3v) is 1.62. The van der Waals surface area contributed by atoms with Crippen LogP contribution in [0, 0.1) is 0 Å². The van der Waals surface area contributed by atoms with Gasteiger partial charge in [0.2, 0.25) is 0 Å². The molecule has 0 heterocycles. The largest absolute Gasteiger partial charge is 1.00 e. The van der Waals surface area contributed by atoms with Crippen LogP contribution in [0.4, 0.5) is 0 Å². The van der Waals surface area contributed by atoms with Crippen molar-refractivity contribution in [3.63, 3.8) is 0 Å². The summed E-state index contributed by atoms with van der Waals surface area (Å²) < 4.78 is 0. The SMILES string of the molecule is CCCCO.[Cl-].[Hf].c1cc[cH-]c1.c1cc[cH-]c1. The third kappa shape index (κ3) is 21.6. The normalized spacial score (nSPS) is 7.18. The van der Waals surface area contributed by atoms with Gasteiger partial charge in [-0.2, -0.15) is 36.4 Å². The summed E-state index contributed by atoms with van der Waals surface area (Å²) in [6.45, 7) is 2.40. The fourth-order valence-corrected chi connectivity index (χ4v) is 0.800. The van der Waals surface area contributed by atoms with Crippen molar-refractivity contribution in [1.82, 2.24) is 0 Å². The third-order valence-electron chi connectivity index (χ3n) is 1.62. The minimum Gasteiger partial charge on any atom is -1.00 e. The Morgan fingerprint density at radius 3 is 1.29 bits per heavy atom. The van der Waals surface area contributed by atoms with Crippen LogP contribution in [0.15, 0.2) is 60.7 Å². The molecule has 2 aromatic carbocycles. The van der Waals surface area contributed by atoms with E-state index < -0.39 is 0 Å². The summed E-state index contributed by atoms with van der Waals surface area (Å²) in [5.74, 6) is 0.